The summed E-state index contributed by atoms with van der Waals surface area (Å²) in [6.07, 6.45) is 4.40. The third-order valence-corrected chi connectivity index (χ3v) is 4.04. The molecule has 11 heavy (non-hydrogen) atoms. The lowest BCUT2D eigenvalue weighted by atomic mass is 10.0. The monoisotopic (exact) mass is 193 g/mol. The Morgan fingerprint density at radius 3 is 2.91 bits per heavy atom. The van der Waals surface area contributed by atoms with Gasteiger partial charge in [-0.2, -0.15) is 0 Å². The van der Waals surface area contributed by atoms with Crippen molar-refractivity contribution in [1.82, 2.24) is 4.90 Å². The maximum absolute atomic E-state index is 6.39. The number of hydrogen-bond acceptors (Lipinski definition) is 1. The Hall–Kier alpha value is 0.540. The van der Waals surface area contributed by atoms with Crippen molar-refractivity contribution in [2.45, 2.75) is 42.1 Å². The van der Waals surface area contributed by atoms with Crippen LogP contribution in [0.4, 0.5) is 0 Å². The van der Waals surface area contributed by atoms with Gasteiger partial charge in [0, 0.05) is 11.4 Å². The highest BCUT2D eigenvalue weighted by atomic mass is 35.5. The van der Waals surface area contributed by atoms with Crippen molar-refractivity contribution < 1.29 is 0 Å². The highest BCUT2D eigenvalue weighted by Crippen LogP contribution is 2.46. The Morgan fingerprint density at radius 2 is 2.27 bits per heavy atom. The minimum absolute atomic E-state index is 0.102. The first-order valence-electron chi connectivity index (χ1n) is 4.18. The van der Waals surface area contributed by atoms with Gasteiger partial charge in [0.2, 0.25) is 0 Å². The SMILES string of the molecule is CN1C2CCC1(Cl)C[C@@H](Cl)C2. The molecule has 0 saturated carbocycles. The van der Waals surface area contributed by atoms with Gasteiger partial charge in [-0.15, -0.1) is 23.2 Å². The Bertz CT molecular complexity index is 173. The summed E-state index contributed by atoms with van der Waals surface area (Å²) in [6, 6.07) is 0.642. The predicted molar refractivity (Wildman–Crippen MR) is 48.2 cm³/mol. The van der Waals surface area contributed by atoms with Crippen LogP contribution in [0.3, 0.4) is 0 Å². The van der Waals surface area contributed by atoms with Crippen LogP contribution in [-0.2, 0) is 0 Å². The molecule has 2 heterocycles. The van der Waals surface area contributed by atoms with Crippen molar-refractivity contribution in [3.8, 4) is 0 Å². The molecular weight excluding hydrogens is 181 g/mol. The summed E-state index contributed by atoms with van der Waals surface area (Å²) in [7, 11) is 2.12. The Labute approximate surface area is 77.6 Å². The van der Waals surface area contributed by atoms with Crippen LogP contribution < -0.4 is 0 Å². The topological polar surface area (TPSA) is 3.24 Å². The van der Waals surface area contributed by atoms with E-state index in [0.717, 1.165) is 19.3 Å². The molecule has 2 saturated heterocycles. The minimum atomic E-state index is -0.102. The molecule has 2 rings (SSSR count). The molecule has 0 N–H and O–H groups in total. The van der Waals surface area contributed by atoms with Crippen molar-refractivity contribution in [3.05, 3.63) is 0 Å². The van der Waals surface area contributed by atoms with E-state index in [4.69, 9.17) is 23.2 Å². The molecule has 2 aliphatic rings. The van der Waals surface area contributed by atoms with E-state index in [1.165, 1.54) is 6.42 Å². The highest BCUT2D eigenvalue weighted by molar-refractivity contribution is 6.26. The fraction of sp³-hybridized carbons (Fsp3) is 1.00. The summed E-state index contributed by atoms with van der Waals surface area (Å²) in [4.78, 5) is 2.20. The normalized spacial score (nSPS) is 51.5. The summed E-state index contributed by atoms with van der Waals surface area (Å²) in [5.74, 6) is 0. The van der Waals surface area contributed by atoms with Gasteiger partial charge in [-0.1, -0.05) is 0 Å². The van der Waals surface area contributed by atoms with Gasteiger partial charge >= 0.3 is 0 Å². The molecule has 2 bridgehead atoms. The van der Waals surface area contributed by atoms with E-state index in [-0.39, 0.29) is 5.00 Å². The van der Waals surface area contributed by atoms with Crippen molar-refractivity contribution in [2.75, 3.05) is 7.05 Å². The maximum atomic E-state index is 6.39. The van der Waals surface area contributed by atoms with Crippen molar-refractivity contribution in [2.24, 2.45) is 0 Å². The van der Waals surface area contributed by atoms with E-state index >= 15 is 0 Å². The predicted octanol–water partition coefficient (Wildman–Crippen LogP) is 2.42. The Kier molecular flexibility index (Phi) is 1.86. The van der Waals surface area contributed by atoms with Gasteiger partial charge in [-0.05, 0) is 32.7 Å². The quantitative estimate of drug-likeness (QED) is 0.422. The number of nitrogens with zero attached hydrogens (tertiary/aromatic N) is 1. The van der Waals surface area contributed by atoms with Crippen molar-refractivity contribution in [1.29, 1.82) is 0 Å². The zero-order chi connectivity index (χ0) is 8.06. The van der Waals surface area contributed by atoms with Crippen LogP contribution in [0.2, 0.25) is 0 Å². The summed E-state index contributed by atoms with van der Waals surface area (Å²) in [5, 5.41) is 0.302. The van der Waals surface area contributed by atoms with E-state index < -0.39 is 0 Å². The van der Waals surface area contributed by atoms with Gasteiger partial charge in [0.05, 0.1) is 5.00 Å². The van der Waals surface area contributed by atoms with Crippen LogP contribution >= 0.6 is 23.2 Å². The second kappa shape index (κ2) is 2.51. The summed E-state index contributed by atoms with van der Waals surface area (Å²) >= 11 is 12.5. The highest BCUT2D eigenvalue weighted by Gasteiger charge is 2.48. The molecule has 0 aromatic carbocycles. The van der Waals surface area contributed by atoms with Gasteiger partial charge < -0.3 is 0 Å². The van der Waals surface area contributed by atoms with E-state index in [1.807, 2.05) is 0 Å². The minimum Gasteiger partial charge on any atom is -0.285 e. The average molecular weight is 194 g/mol. The van der Waals surface area contributed by atoms with Crippen molar-refractivity contribution in [3.63, 3.8) is 0 Å². The van der Waals surface area contributed by atoms with Gasteiger partial charge in [-0.3, -0.25) is 4.90 Å². The molecule has 3 heteroatoms. The fourth-order valence-corrected chi connectivity index (χ4v) is 3.30. The van der Waals surface area contributed by atoms with Crippen LogP contribution in [0.25, 0.3) is 0 Å². The van der Waals surface area contributed by atoms with E-state index in [1.54, 1.807) is 0 Å². The molecule has 0 aliphatic carbocycles. The molecule has 64 valence electrons. The Balaban J connectivity index is 2.20. The molecule has 0 aromatic heterocycles. The van der Waals surface area contributed by atoms with Gasteiger partial charge in [0.15, 0.2) is 0 Å². The molecule has 2 aliphatic heterocycles. The van der Waals surface area contributed by atoms with Gasteiger partial charge in [-0.25, -0.2) is 0 Å². The van der Waals surface area contributed by atoms with Crippen LogP contribution in [0.5, 0.6) is 0 Å². The first-order chi connectivity index (χ1) is 5.12. The number of hydrogen-bond donors (Lipinski definition) is 0. The Morgan fingerprint density at radius 1 is 1.55 bits per heavy atom. The lowest BCUT2D eigenvalue weighted by Gasteiger charge is -2.39. The molecular formula is C8H13Cl2N. The lowest BCUT2D eigenvalue weighted by Crippen LogP contribution is -2.47. The number of alkyl halides is 2. The number of rotatable bonds is 0. The molecule has 2 unspecified atom stereocenters. The average Bonchev–Trinajstić information content (AvgIpc) is 2.17. The first kappa shape index (κ1) is 8.15. The third kappa shape index (κ3) is 1.18. The van der Waals surface area contributed by atoms with Crippen LogP contribution in [-0.4, -0.2) is 28.4 Å². The molecule has 0 radical (unpaired) electrons. The van der Waals surface area contributed by atoms with E-state index in [9.17, 15) is 0 Å². The second-order valence-electron chi connectivity index (χ2n) is 3.76. The summed E-state index contributed by atoms with van der Waals surface area (Å²) in [5.41, 5.74) is 0. The maximum Gasteiger partial charge on any atom is 0.0975 e. The molecule has 1 nitrogen and oxygen atoms in total. The first-order valence-corrected chi connectivity index (χ1v) is 4.99. The molecule has 0 amide bonds. The lowest BCUT2D eigenvalue weighted by molar-refractivity contribution is 0.151. The molecule has 3 atom stereocenters. The second-order valence-corrected chi connectivity index (χ2v) is 5.08. The van der Waals surface area contributed by atoms with Crippen molar-refractivity contribution >= 4 is 23.2 Å². The van der Waals surface area contributed by atoms with Gasteiger partial charge in [0.1, 0.15) is 0 Å². The van der Waals surface area contributed by atoms with Crippen LogP contribution in [0, 0.1) is 0 Å². The largest absolute Gasteiger partial charge is 0.285 e. The molecule has 0 spiro atoms. The third-order valence-electron chi connectivity index (χ3n) is 3.10. The molecule has 0 aromatic rings. The summed E-state index contributed by atoms with van der Waals surface area (Å²) < 4.78 is 0. The zero-order valence-corrected chi connectivity index (χ0v) is 8.20. The fourth-order valence-electron chi connectivity index (χ4n) is 2.32. The van der Waals surface area contributed by atoms with E-state index in [2.05, 4.69) is 11.9 Å². The number of piperidine rings is 1. The van der Waals surface area contributed by atoms with E-state index in [0.29, 0.717) is 11.4 Å². The smallest absolute Gasteiger partial charge is 0.0975 e. The standard InChI is InChI=1S/C8H13Cl2N/c1-11-7-2-3-8(11,10)5-6(9)4-7/h6-7H,2-5H2,1H3/t6-,7?,8?/m0/s1. The van der Waals surface area contributed by atoms with Crippen LogP contribution in [0.1, 0.15) is 25.7 Å². The molecule has 2 fully saturated rings. The zero-order valence-electron chi connectivity index (χ0n) is 6.69. The summed E-state index contributed by atoms with van der Waals surface area (Å²) in [6.45, 7) is 0. The van der Waals surface area contributed by atoms with Gasteiger partial charge in [0.25, 0.3) is 0 Å². The number of halogens is 2. The number of fused-ring (bicyclic) bond motifs is 2. The van der Waals surface area contributed by atoms with Crippen LogP contribution in [0.15, 0.2) is 0 Å².